The number of hydrogen-bond donors (Lipinski definition) is 1. The van der Waals surface area contributed by atoms with Gasteiger partial charge < -0.3 is 5.32 Å². The first-order chi connectivity index (χ1) is 20.1. The molecule has 0 aliphatic carbocycles. The second-order valence-electron chi connectivity index (χ2n) is 9.76. The molecular weight excluding hydrogens is 558 g/mol. The summed E-state index contributed by atoms with van der Waals surface area (Å²) in [5.41, 5.74) is 2.81. The summed E-state index contributed by atoms with van der Waals surface area (Å²) in [4.78, 5) is 24.1. The molecule has 0 atom stereocenters. The molecule has 41 heavy (non-hydrogen) atoms. The number of pyridine rings is 1. The van der Waals surface area contributed by atoms with Gasteiger partial charge in [-0.3, -0.25) is 19.2 Å². The largest absolute Gasteiger partial charge is 0.348 e. The number of halogens is 1. The van der Waals surface area contributed by atoms with Gasteiger partial charge in [-0.1, -0.05) is 54.2 Å². The lowest BCUT2D eigenvalue weighted by molar-refractivity contribution is 0.0904. The Kier molecular flexibility index (Phi) is 8.45. The molecule has 1 aliphatic rings. The lowest BCUT2D eigenvalue weighted by atomic mass is 10.0. The van der Waals surface area contributed by atoms with Crippen molar-refractivity contribution in [1.82, 2.24) is 34.9 Å². The maximum absolute atomic E-state index is 14.8. The Balaban J connectivity index is 1.08. The second kappa shape index (κ2) is 12.7. The summed E-state index contributed by atoms with van der Waals surface area (Å²) >= 11 is 2.82. The van der Waals surface area contributed by atoms with Crippen LogP contribution in [0.15, 0.2) is 89.7 Å². The summed E-state index contributed by atoms with van der Waals surface area (Å²) in [6.45, 7) is 2.83. The Bertz CT molecular complexity index is 1600. The third kappa shape index (κ3) is 6.53. The van der Waals surface area contributed by atoms with Crippen LogP contribution in [0, 0.1) is 5.82 Å². The topological polar surface area (TPSA) is 88.8 Å². The lowest BCUT2D eigenvalue weighted by Gasteiger charge is -2.32. The van der Waals surface area contributed by atoms with Gasteiger partial charge >= 0.3 is 0 Å². The number of nitrogens with one attached hydrogen (secondary N) is 1. The average Bonchev–Trinajstić information content (AvgIpc) is 3.66. The molecule has 208 valence electrons. The normalized spacial score (nSPS) is 14.3. The summed E-state index contributed by atoms with van der Waals surface area (Å²) in [5, 5.41) is 15.0. The summed E-state index contributed by atoms with van der Waals surface area (Å²) in [7, 11) is 0. The number of aromatic nitrogens is 5. The van der Waals surface area contributed by atoms with Gasteiger partial charge in [0.05, 0.1) is 11.4 Å². The highest BCUT2D eigenvalue weighted by molar-refractivity contribution is 7.98. The van der Waals surface area contributed by atoms with Crippen molar-refractivity contribution in [3.05, 3.63) is 107 Å². The number of carbonyl (C=O) groups is 1. The first-order valence-electron chi connectivity index (χ1n) is 13.4. The molecule has 11 heteroatoms. The number of para-hydroxylation sites is 1. The van der Waals surface area contributed by atoms with Gasteiger partial charge in [-0.25, -0.2) is 9.37 Å². The third-order valence-electron chi connectivity index (χ3n) is 6.93. The van der Waals surface area contributed by atoms with Crippen molar-refractivity contribution in [2.24, 2.45) is 0 Å². The van der Waals surface area contributed by atoms with E-state index in [1.54, 1.807) is 46.6 Å². The third-order valence-corrected chi connectivity index (χ3v) is 8.90. The van der Waals surface area contributed by atoms with Crippen molar-refractivity contribution in [2.45, 2.75) is 36.3 Å². The smallest absolute Gasteiger partial charge is 0.270 e. The summed E-state index contributed by atoms with van der Waals surface area (Å²) in [5.74, 6) is 0.445. The molecular formula is C30H28FN7OS2. The minimum absolute atomic E-state index is 0.138. The first-order valence-corrected chi connectivity index (χ1v) is 15.3. The molecule has 1 saturated heterocycles. The minimum atomic E-state index is -0.376. The quantitative estimate of drug-likeness (QED) is 0.225. The van der Waals surface area contributed by atoms with E-state index >= 15 is 0 Å². The number of hydrogen-bond acceptors (Lipinski definition) is 8. The van der Waals surface area contributed by atoms with Gasteiger partial charge in [-0.15, -0.1) is 21.5 Å². The van der Waals surface area contributed by atoms with Crippen molar-refractivity contribution < 1.29 is 9.18 Å². The standard InChI is InChI=1S/C30H28FN7OS2/c31-24-10-4-5-11-26(24)38-28(22-9-6-14-32-17-22)35-36-30(38)41-20-27-34-25(19-40-27)29(39)33-23-12-15-37(16-13-23)18-21-7-2-1-3-8-21/h1-11,14,17,19,23H,12-13,15-16,18,20H2,(H,33,39). The summed E-state index contributed by atoms with van der Waals surface area (Å²) in [6, 6.07) is 20.8. The van der Waals surface area contributed by atoms with Gasteiger partial charge in [0.1, 0.15) is 16.5 Å². The van der Waals surface area contributed by atoms with Crippen LogP contribution in [0.2, 0.25) is 0 Å². The van der Waals surface area contributed by atoms with Crippen LogP contribution in [-0.2, 0) is 12.3 Å². The van der Waals surface area contributed by atoms with Gasteiger partial charge in [0.15, 0.2) is 11.0 Å². The van der Waals surface area contributed by atoms with Crippen LogP contribution in [0.1, 0.15) is 33.9 Å². The Morgan fingerprint density at radius 2 is 1.83 bits per heavy atom. The first kappa shape index (κ1) is 27.3. The van der Waals surface area contributed by atoms with Crippen molar-refractivity contribution in [3.63, 3.8) is 0 Å². The van der Waals surface area contributed by atoms with E-state index in [2.05, 4.69) is 54.6 Å². The van der Waals surface area contributed by atoms with Crippen LogP contribution >= 0.6 is 23.1 Å². The maximum atomic E-state index is 14.8. The molecule has 5 aromatic rings. The predicted octanol–water partition coefficient (Wildman–Crippen LogP) is 5.61. The Hall–Kier alpha value is -3.93. The van der Waals surface area contributed by atoms with E-state index in [4.69, 9.17) is 0 Å². The number of thioether (sulfide) groups is 1. The number of rotatable bonds is 9. The number of carbonyl (C=O) groups excluding carboxylic acids is 1. The molecule has 3 aromatic heterocycles. The van der Waals surface area contributed by atoms with E-state index in [1.807, 2.05) is 12.1 Å². The predicted molar refractivity (Wildman–Crippen MR) is 158 cm³/mol. The Morgan fingerprint density at radius 1 is 1.02 bits per heavy atom. The molecule has 1 N–H and O–H groups in total. The number of likely N-dealkylation sites (tertiary alicyclic amines) is 1. The highest BCUT2D eigenvalue weighted by atomic mass is 32.2. The van der Waals surface area contributed by atoms with Crippen LogP contribution in [0.25, 0.3) is 17.1 Å². The van der Waals surface area contributed by atoms with E-state index in [0.717, 1.165) is 43.0 Å². The zero-order valence-corrected chi connectivity index (χ0v) is 23.8. The molecule has 1 aliphatic heterocycles. The fourth-order valence-corrected chi connectivity index (χ4v) is 6.58. The van der Waals surface area contributed by atoms with Crippen LogP contribution in [0.3, 0.4) is 0 Å². The highest BCUT2D eigenvalue weighted by Gasteiger charge is 2.23. The Labute approximate surface area is 245 Å². The number of amides is 1. The van der Waals surface area contributed by atoms with Crippen LogP contribution in [0.4, 0.5) is 4.39 Å². The molecule has 0 radical (unpaired) electrons. The highest BCUT2D eigenvalue weighted by Crippen LogP contribution is 2.31. The molecule has 0 spiro atoms. The molecule has 0 bridgehead atoms. The van der Waals surface area contributed by atoms with Gasteiger partial charge in [0.25, 0.3) is 5.91 Å². The molecule has 6 rings (SSSR count). The zero-order chi connectivity index (χ0) is 28.0. The van der Waals surface area contributed by atoms with Gasteiger partial charge in [0.2, 0.25) is 0 Å². The van der Waals surface area contributed by atoms with Gasteiger partial charge in [0, 0.05) is 49.0 Å². The summed E-state index contributed by atoms with van der Waals surface area (Å²) in [6.07, 6.45) is 5.18. The van der Waals surface area contributed by atoms with E-state index in [1.165, 1.54) is 34.7 Å². The SMILES string of the molecule is O=C(NC1CCN(Cc2ccccc2)CC1)c1csc(CSc2nnc(-c3cccnc3)n2-c2ccccc2F)n1. The van der Waals surface area contributed by atoms with Crippen molar-refractivity contribution in [2.75, 3.05) is 13.1 Å². The number of thiazole rings is 1. The van der Waals surface area contributed by atoms with E-state index in [9.17, 15) is 9.18 Å². The Morgan fingerprint density at radius 3 is 2.61 bits per heavy atom. The monoisotopic (exact) mass is 585 g/mol. The van der Waals surface area contributed by atoms with E-state index < -0.39 is 0 Å². The van der Waals surface area contributed by atoms with Gasteiger partial charge in [-0.2, -0.15) is 0 Å². The number of nitrogens with zero attached hydrogens (tertiary/aromatic N) is 6. The van der Waals surface area contributed by atoms with Gasteiger partial charge in [-0.05, 0) is 42.7 Å². The van der Waals surface area contributed by atoms with Crippen LogP contribution in [-0.4, -0.2) is 54.7 Å². The number of benzene rings is 2. The molecule has 1 fully saturated rings. The molecule has 0 unspecified atom stereocenters. The van der Waals surface area contributed by atoms with Crippen molar-refractivity contribution in [1.29, 1.82) is 0 Å². The fraction of sp³-hybridized carbons (Fsp3) is 0.233. The second-order valence-corrected chi connectivity index (χ2v) is 11.6. The maximum Gasteiger partial charge on any atom is 0.270 e. The lowest BCUT2D eigenvalue weighted by Crippen LogP contribution is -2.44. The van der Waals surface area contributed by atoms with Crippen LogP contribution < -0.4 is 5.32 Å². The summed E-state index contributed by atoms with van der Waals surface area (Å²) < 4.78 is 16.5. The average molecular weight is 586 g/mol. The van der Waals surface area contributed by atoms with Crippen molar-refractivity contribution >= 4 is 29.0 Å². The van der Waals surface area contributed by atoms with Crippen LogP contribution in [0.5, 0.6) is 0 Å². The van der Waals surface area contributed by atoms with E-state index in [-0.39, 0.29) is 17.8 Å². The van der Waals surface area contributed by atoms with Crippen molar-refractivity contribution in [3.8, 4) is 17.1 Å². The minimum Gasteiger partial charge on any atom is -0.348 e. The zero-order valence-electron chi connectivity index (χ0n) is 22.2. The molecule has 0 saturated carbocycles. The fourth-order valence-electron chi connectivity index (χ4n) is 4.84. The molecule has 2 aromatic carbocycles. The van der Waals surface area contributed by atoms with E-state index in [0.29, 0.717) is 28.1 Å². The molecule has 1 amide bonds. The molecule has 4 heterocycles. The number of piperidine rings is 1. The molecule has 8 nitrogen and oxygen atoms in total.